The summed E-state index contributed by atoms with van der Waals surface area (Å²) in [7, 11) is 0. The molecule has 0 atom stereocenters. The Morgan fingerprint density at radius 2 is 0.739 bits per heavy atom. The van der Waals surface area contributed by atoms with Crippen LogP contribution in [0.1, 0.15) is 6.92 Å². The van der Waals surface area contributed by atoms with Crippen LogP contribution in [0.3, 0.4) is 0 Å². The Kier molecular flexibility index (Phi) is 4.48. The van der Waals surface area contributed by atoms with E-state index in [1.807, 2.05) is 54.6 Å². The summed E-state index contributed by atoms with van der Waals surface area (Å²) in [6, 6.07) is 30.5. The van der Waals surface area contributed by atoms with E-state index in [-0.39, 0.29) is 0 Å². The number of anilines is 3. The van der Waals surface area contributed by atoms with Crippen LogP contribution >= 0.6 is 0 Å². The molecule has 0 spiro atoms. The highest BCUT2D eigenvalue weighted by molar-refractivity contribution is 5.57. The van der Waals surface area contributed by atoms with Gasteiger partial charge >= 0.3 is 0 Å². The molecule has 0 fully saturated rings. The van der Waals surface area contributed by atoms with Crippen molar-refractivity contribution in [3.8, 4) is 0 Å². The first-order valence-corrected chi connectivity index (χ1v) is 7.73. The standard InChI is InChI=1S/C20H21N3/c1-20(21-17-11-5-2-6-12-17,22-18-13-7-3-8-14-18)23-19-15-9-4-10-16-19/h2-16,21-23H,1H3. The lowest BCUT2D eigenvalue weighted by Crippen LogP contribution is -2.50. The van der Waals surface area contributed by atoms with Gasteiger partial charge in [-0.25, -0.2) is 0 Å². The summed E-state index contributed by atoms with van der Waals surface area (Å²) in [5.74, 6) is -0.538. The van der Waals surface area contributed by atoms with Crippen molar-refractivity contribution >= 4 is 17.1 Å². The highest BCUT2D eigenvalue weighted by Gasteiger charge is 2.23. The number of para-hydroxylation sites is 3. The normalized spacial score (nSPS) is 10.8. The summed E-state index contributed by atoms with van der Waals surface area (Å²) in [5.41, 5.74) is 3.13. The Labute approximate surface area is 137 Å². The lowest BCUT2D eigenvalue weighted by Gasteiger charge is -2.35. The van der Waals surface area contributed by atoms with Crippen molar-refractivity contribution in [2.75, 3.05) is 16.0 Å². The van der Waals surface area contributed by atoms with E-state index in [0.29, 0.717) is 0 Å². The van der Waals surface area contributed by atoms with Gasteiger partial charge in [-0.15, -0.1) is 0 Å². The second kappa shape index (κ2) is 6.88. The van der Waals surface area contributed by atoms with Crippen LogP contribution in [0.15, 0.2) is 91.0 Å². The van der Waals surface area contributed by atoms with Crippen molar-refractivity contribution in [1.29, 1.82) is 0 Å². The fourth-order valence-electron chi connectivity index (χ4n) is 2.52. The Morgan fingerprint density at radius 3 is 1.00 bits per heavy atom. The Hall–Kier alpha value is -2.94. The minimum absolute atomic E-state index is 0.538. The molecule has 3 N–H and O–H groups in total. The molecule has 0 unspecified atom stereocenters. The van der Waals surface area contributed by atoms with Gasteiger partial charge in [-0.2, -0.15) is 0 Å². The molecule has 0 aliphatic carbocycles. The molecule has 0 aliphatic rings. The van der Waals surface area contributed by atoms with Crippen molar-refractivity contribution < 1.29 is 0 Å². The molecule has 3 heteroatoms. The van der Waals surface area contributed by atoms with Gasteiger partial charge in [-0.3, -0.25) is 0 Å². The van der Waals surface area contributed by atoms with Crippen LogP contribution in [-0.4, -0.2) is 5.79 Å². The zero-order chi connectivity index (χ0) is 16.0. The van der Waals surface area contributed by atoms with Crippen LogP contribution in [-0.2, 0) is 0 Å². The average Bonchev–Trinajstić information content (AvgIpc) is 2.57. The topological polar surface area (TPSA) is 36.1 Å². The molecule has 3 aromatic carbocycles. The van der Waals surface area contributed by atoms with Gasteiger partial charge in [-0.05, 0) is 43.3 Å². The summed E-state index contributed by atoms with van der Waals surface area (Å²) >= 11 is 0. The van der Waals surface area contributed by atoms with Crippen LogP contribution < -0.4 is 16.0 Å². The van der Waals surface area contributed by atoms with Gasteiger partial charge in [0.2, 0.25) is 0 Å². The molecular formula is C20H21N3. The van der Waals surface area contributed by atoms with Gasteiger partial charge in [-0.1, -0.05) is 54.6 Å². The van der Waals surface area contributed by atoms with Gasteiger partial charge in [0.1, 0.15) is 0 Å². The SMILES string of the molecule is CC(Nc1ccccc1)(Nc1ccccc1)Nc1ccccc1. The maximum Gasteiger partial charge on any atom is 0.182 e. The lowest BCUT2D eigenvalue weighted by molar-refractivity contribution is 0.671. The van der Waals surface area contributed by atoms with Crippen LogP contribution in [0.4, 0.5) is 17.1 Å². The molecular weight excluding hydrogens is 282 g/mol. The van der Waals surface area contributed by atoms with Gasteiger partial charge in [0, 0.05) is 17.1 Å². The van der Waals surface area contributed by atoms with E-state index in [4.69, 9.17) is 0 Å². The van der Waals surface area contributed by atoms with E-state index in [1.54, 1.807) is 0 Å². The molecule has 0 radical (unpaired) electrons. The molecule has 116 valence electrons. The molecule has 0 aromatic heterocycles. The Bertz CT molecular complexity index is 610. The molecule has 3 aromatic rings. The van der Waals surface area contributed by atoms with Gasteiger partial charge in [0.15, 0.2) is 5.79 Å². The van der Waals surface area contributed by atoms with Crippen LogP contribution in [0.5, 0.6) is 0 Å². The van der Waals surface area contributed by atoms with Crippen LogP contribution in [0.25, 0.3) is 0 Å². The number of nitrogens with one attached hydrogen (secondary N) is 3. The fourth-order valence-corrected chi connectivity index (χ4v) is 2.52. The number of benzene rings is 3. The van der Waals surface area contributed by atoms with Crippen molar-refractivity contribution in [3.63, 3.8) is 0 Å². The first-order chi connectivity index (χ1) is 11.2. The summed E-state index contributed by atoms with van der Waals surface area (Å²) in [6.07, 6.45) is 0. The zero-order valence-electron chi connectivity index (χ0n) is 13.2. The highest BCUT2D eigenvalue weighted by atomic mass is 15.3. The third-order valence-corrected chi connectivity index (χ3v) is 3.50. The average molecular weight is 303 g/mol. The predicted octanol–water partition coefficient (Wildman–Crippen LogP) is 5.00. The third-order valence-electron chi connectivity index (χ3n) is 3.50. The van der Waals surface area contributed by atoms with E-state index in [2.05, 4.69) is 59.3 Å². The largest absolute Gasteiger partial charge is 0.346 e. The number of rotatable bonds is 6. The smallest absolute Gasteiger partial charge is 0.182 e. The lowest BCUT2D eigenvalue weighted by atomic mass is 10.2. The van der Waals surface area contributed by atoms with E-state index in [0.717, 1.165) is 17.1 Å². The summed E-state index contributed by atoms with van der Waals surface area (Å²) in [5, 5.41) is 10.6. The molecule has 3 rings (SSSR count). The Morgan fingerprint density at radius 1 is 0.478 bits per heavy atom. The summed E-state index contributed by atoms with van der Waals surface area (Å²) in [6.45, 7) is 2.08. The molecule has 0 aliphatic heterocycles. The molecule has 0 amide bonds. The summed E-state index contributed by atoms with van der Waals surface area (Å²) in [4.78, 5) is 0. The fraction of sp³-hybridized carbons (Fsp3) is 0.100. The predicted molar refractivity (Wildman–Crippen MR) is 98.6 cm³/mol. The van der Waals surface area contributed by atoms with Crippen molar-refractivity contribution in [3.05, 3.63) is 91.0 Å². The minimum atomic E-state index is -0.538. The van der Waals surface area contributed by atoms with Crippen molar-refractivity contribution in [2.45, 2.75) is 12.7 Å². The minimum Gasteiger partial charge on any atom is -0.346 e. The van der Waals surface area contributed by atoms with E-state index < -0.39 is 5.79 Å². The second-order valence-electron chi connectivity index (χ2n) is 5.60. The Balaban J connectivity index is 1.85. The maximum atomic E-state index is 3.53. The summed E-state index contributed by atoms with van der Waals surface area (Å²) < 4.78 is 0. The molecule has 0 saturated carbocycles. The van der Waals surface area contributed by atoms with E-state index in [1.165, 1.54) is 0 Å². The first kappa shape index (κ1) is 15.0. The highest BCUT2D eigenvalue weighted by Crippen LogP contribution is 2.21. The van der Waals surface area contributed by atoms with E-state index >= 15 is 0 Å². The van der Waals surface area contributed by atoms with Crippen LogP contribution in [0.2, 0.25) is 0 Å². The molecule has 3 nitrogen and oxygen atoms in total. The quantitative estimate of drug-likeness (QED) is 0.561. The van der Waals surface area contributed by atoms with Crippen molar-refractivity contribution in [1.82, 2.24) is 0 Å². The maximum absolute atomic E-state index is 3.53. The molecule has 0 saturated heterocycles. The second-order valence-corrected chi connectivity index (χ2v) is 5.60. The number of hydrogen-bond donors (Lipinski definition) is 3. The van der Waals surface area contributed by atoms with Crippen LogP contribution in [0, 0.1) is 0 Å². The van der Waals surface area contributed by atoms with E-state index in [9.17, 15) is 0 Å². The number of hydrogen-bond acceptors (Lipinski definition) is 3. The molecule has 0 bridgehead atoms. The van der Waals surface area contributed by atoms with Gasteiger partial charge < -0.3 is 16.0 Å². The first-order valence-electron chi connectivity index (χ1n) is 7.73. The molecule has 0 heterocycles. The van der Waals surface area contributed by atoms with Gasteiger partial charge in [0.25, 0.3) is 0 Å². The van der Waals surface area contributed by atoms with Crippen molar-refractivity contribution in [2.24, 2.45) is 0 Å². The zero-order valence-corrected chi connectivity index (χ0v) is 13.2. The monoisotopic (exact) mass is 303 g/mol. The van der Waals surface area contributed by atoms with Gasteiger partial charge in [0.05, 0.1) is 0 Å². The third kappa shape index (κ3) is 4.27. The molecule has 23 heavy (non-hydrogen) atoms.